The molecule has 0 atom stereocenters. The molecule has 0 fully saturated rings. The van der Waals surface area contributed by atoms with Gasteiger partial charge in [-0.15, -0.1) is 0 Å². The number of rotatable bonds is 3. The van der Waals surface area contributed by atoms with Crippen molar-refractivity contribution >= 4 is 11.4 Å². The fourth-order valence-corrected chi connectivity index (χ4v) is 1.20. The molecule has 1 aromatic rings. The number of halogens is 3. The quantitative estimate of drug-likeness (QED) is 0.661. The number of hydrogen-bond acceptors (Lipinski definition) is 3. The molecule has 0 bridgehead atoms. The molecule has 1 N–H and O–H groups in total. The molecule has 0 aliphatic rings. The summed E-state index contributed by atoms with van der Waals surface area (Å²) in [4.78, 5) is 9.73. The minimum absolute atomic E-state index is 0.0838. The Bertz CT molecular complexity index is 406. The summed E-state index contributed by atoms with van der Waals surface area (Å²) in [5.74, 6) is 0. The summed E-state index contributed by atoms with van der Waals surface area (Å²) in [6.07, 6.45) is -4.57. The zero-order valence-electron chi connectivity index (χ0n) is 10.3. The van der Waals surface area contributed by atoms with Crippen LogP contribution in [-0.4, -0.2) is 11.5 Å². The molecule has 0 spiro atoms. The summed E-state index contributed by atoms with van der Waals surface area (Å²) in [6.45, 7) is 6.09. The first kappa shape index (κ1) is 16.2. The van der Waals surface area contributed by atoms with Crippen LogP contribution in [0.15, 0.2) is 18.2 Å². The van der Waals surface area contributed by atoms with Gasteiger partial charge >= 0.3 is 6.18 Å². The highest BCUT2D eigenvalue weighted by Crippen LogP contribution is 2.34. The SMILES string of the molecule is CC.CCNc1ccc(C(F)(F)F)cc1[N+](=O)[O-]. The monoisotopic (exact) mass is 264 g/mol. The standard InChI is InChI=1S/C9H9F3N2O2.C2H6/c1-2-13-7-4-3-6(9(10,11)12)5-8(7)14(15)16;1-2/h3-5,13H,2H2,1H3;1-2H3. The molecule has 0 aromatic heterocycles. The van der Waals surface area contributed by atoms with E-state index in [0.717, 1.165) is 12.1 Å². The van der Waals surface area contributed by atoms with Crippen LogP contribution < -0.4 is 5.32 Å². The van der Waals surface area contributed by atoms with Crippen LogP contribution in [0.25, 0.3) is 0 Å². The predicted molar refractivity (Wildman–Crippen MR) is 63.6 cm³/mol. The molecular formula is C11H15F3N2O2. The van der Waals surface area contributed by atoms with Crippen molar-refractivity contribution in [3.8, 4) is 0 Å². The molecule has 0 aliphatic heterocycles. The van der Waals surface area contributed by atoms with Gasteiger partial charge in [-0.05, 0) is 19.1 Å². The number of alkyl halides is 3. The molecule has 0 unspecified atom stereocenters. The van der Waals surface area contributed by atoms with E-state index in [1.165, 1.54) is 0 Å². The third-order valence-corrected chi connectivity index (χ3v) is 1.89. The van der Waals surface area contributed by atoms with Crippen LogP contribution in [0.2, 0.25) is 0 Å². The minimum atomic E-state index is -4.57. The first-order valence-corrected chi connectivity index (χ1v) is 5.45. The summed E-state index contributed by atoms with van der Waals surface area (Å²) >= 11 is 0. The highest BCUT2D eigenvalue weighted by molar-refractivity contribution is 5.62. The Labute approximate surface area is 103 Å². The van der Waals surface area contributed by atoms with E-state index < -0.39 is 22.4 Å². The first-order chi connectivity index (χ1) is 8.36. The van der Waals surface area contributed by atoms with E-state index >= 15 is 0 Å². The van der Waals surface area contributed by atoms with Gasteiger partial charge in [-0.1, -0.05) is 13.8 Å². The lowest BCUT2D eigenvalue weighted by Gasteiger charge is -2.09. The summed E-state index contributed by atoms with van der Waals surface area (Å²) in [6, 6.07) is 2.40. The lowest BCUT2D eigenvalue weighted by molar-refractivity contribution is -0.384. The van der Waals surface area contributed by atoms with E-state index in [1.54, 1.807) is 6.92 Å². The number of nitrogens with one attached hydrogen (secondary N) is 1. The zero-order valence-corrected chi connectivity index (χ0v) is 10.3. The highest BCUT2D eigenvalue weighted by atomic mass is 19.4. The van der Waals surface area contributed by atoms with Crippen molar-refractivity contribution in [3.05, 3.63) is 33.9 Å². The maximum absolute atomic E-state index is 12.3. The summed E-state index contributed by atoms with van der Waals surface area (Å²) in [5, 5.41) is 13.2. The number of anilines is 1. The Morgan fingerprint density at radius 3 is 2.28 bits per heavy atom. The first-order valence-electron chi connectivity index (χ1n) is 5.45. The Morgan fingerprint density at radius 1 is 1.33 bits per heavy atom. The molecule has 0 saturated carbocycles. The normalized spacial score (nSPS) is 10.3. The Kier molecular flexibility index (Phi) is 6.15. The van der Waals surface area contributed by atoms with Gasteiger partial charge in [0.2, 0.25) is 0 Å². The number of nitro benzene ring substituents is 1. The van der Waals surface area contributed by atoms with Gasteiger partial charge in [-0.3, -0.25) is 10.1 Å². The van der Waals surface area contributed by atoms with E-state index in [9.17, 15) is 23.3 Å². The van der Waals surface area contributed by atoms with Crippen LogP contribution in [0.4, 0.5) is 24.5 Å². The van der Waals surface area contributed by atoms with E-state index in [0.29, 0.717) is 12.6 Å². The fraction of sp³-hybridized carbons (Fsp3) is 0.455. The third-order valence-electron chi connectivity index (χ3n) is 1.89. The molecule has 1 aromatic carbocycles. The van der Waals surface area contributed by atoms with Crippen molar-refractivity contribution in [2.24, 2.45) is 0 Å². The Morgan fingerprint density at radius 2 is 1.89 bits per heavy atom. The fourth-order valence-electron chi connectivity index (χ4n) is 1.20. The third kappa shape index (κ3) is 4.23. The van der Waals surface area contributed by atoms with Gasteiger partial charge in [0.25, 0.3) is 5.69 Å². The number of benzene rings is 1. The van der Waals surface area contributed by atoms with E-state index in [2.05, 4.69) is 5.32 Å². The van der Waals surface area contributed by atoms with E-state index in [4.69, 9.17) is 0 Å². The lowest BCUT2D eigenvalue weighted by Crippen LogP contribution is -2.07. The van der Waals surface area contributed by atoms with Gasteiger partial charge in [-0.25, -0.2) is 0 Å². The van der Waals surface area contributed by atoms with Crippen molar-refractivity contribution in [2.45, 2.75) is 26.9 Å². The smallest absolute Gasteiger partial charge is 0.380 e. The van der Waals surface area contributed by atoms with E-state index in [1.807, 2.05) is 13.8 Å². The van der Waals surface area contributed by atoms with Crippen molar-refractivity contribution in [3.63, 3.8) is 0 Å². The van der Waals surface area contributed by atoms with Crippen molar-refractivity contribution in [1.29, 1.82) is 0 Å². The van der Waals surface area contributed by atoms with Crippen LogP contribution >= 0.6 is 0 Å². The summed E-state index contributed by atoms with van der Waals surface area (Å²) in [7, 11) is 0. The molecular weight excluding hydrogens is 249 g/mol. The topological polar surface area (TPSA) is 55.2 Å². The number of hydrogen-bond donors (Lipinski definition) is 1. The van der Waals surface area contributed by atoms with Gasteiger partial charge in [0.1, 0.15) is 5.69 Å². The Balaban J connectivity index is 0.00000137. The predicted octanol–water partition coefficient (Wildman–Crippen LogP) is 4.07. The van der Waals surface area contributed by atoms with Crippen LogP contribution in [-0.2, 0) is 6.18 Å². The molecule has 4 nitrogen and oxygen atoms in total. The second kappa shape index (κ2) is 6.83. The number of nitro groups is 1. The minimum Gasteiger partial charge on any atom is -0.380 e. The summed E-state index contributed by atoms with van der Waals surface area (Å²) < 4.78 is 36.9. The Hall–Kier alpha value is -1.79. The van der Waals surface area contributed by atoms with Crippen LogP contribution in [0.5, 0.6) is 0 Å². The largest absolute Gasteiger partial charge is 0.416 e. The second-order valence-electron chi connectivity index (χ2n) is 3.02. The molecule has 0 heterocycles. The van der Waals surface area contributed by atoms with Gasteiger partial charge in [0, 0.05) is 12.6 Å². The second-order valence-corrected chi connectivity index (χ2v) is 3.02. The molecule has 0 aliphatic carbocycles. The zero-order chi connectivity index (χ0) is 14.3. The van der Waals surface area contributed by atoms with E-state index in [-0.39, 0.29) is 5.69 Å². The van der Waals surface area contributed by atoms with Crippen LogP contribution in [0.1, 0.15) is 26.3 Å². The molecule has 7 heteroatoms. The summed E-state index contributed by atoms with van der Waals surface area (Å²) in [5.41, 5.74) is -1.52. The molecule has 0 amide bonds. The highest BCUT2D eigenvalue weighted by Gasteiger charge is 2.32. The average molecular weight is 264 g/mol. The van der Waals surface area contributed by atoms with Gasteiger partial charge in [0.05, 0.1) is 10.5 Å². The molecule has 102 valence electrons. The van der Waals surface area contributed by atoms with Crippen LogP contribution in [0, 0.1) is 10.1 Å². The average Bonchev–Trinajstić information content (AvgIpc) is 2.31. The molecule has 0 radical (unpaired) electrons. The van der Waals surface area contributed by atoms with Crippen molar-refractivity contribution in [1.82, 2.24) is 0 Å². The van der Waals surface area contributed by atoms with Crippen molar-refractivity contribution in [2.75, 3.05) is 11.9 Å². The maximum Gasteiger partial charge on any atom is 0.416 e. The van der Waals surface area contributed by atoms with Crippen molar-refractivity contribution < 1.29 is 18.1 Å². The molecule has 0 saturated heterocycles. The lowest BCUT2D eigenvalue weighted by atomic mass is 10.1. The van der Waals surface area contributed by atoms with Gasteiger partial charge in [0.15, 0.2) is 0 Å². The van der Waals surface area contributed by atoms with Crippen LogP contribution in [0.3, 0.4) is 0 Å². The number of nitrogens with zero attached hydrogens (tertiary/aromatic N) is 1. The molecule has 1 rings (SSSR count). The van der Waals surface area contributed by atoms with Gasteiger partial charge in [-0.2, -0.15) is 13.2 Å². The maximum atomic E-state index is 12.3. The van der Waals surface area contributed by atoms with Gasteiger partial charge < -0.3 is 5.32 Å². The molecule has 18 heavy (non-hydrogen) atoms.